The van der Waals surface area contributed by atoms with Crippen LogP contribution in [0.15, 0.2) is 0 Å². The van der Waals surface area contributed by atoms with Crippen LogP contribution in [0.2, 0.25) is 0 Å². The van der Waals surface area contributed by atoms with Crippen molar-refractivity contribution in [3.8, 4) is 0 Å². The molecular weight excluding hydrogens is 200 g/mol. The van der Waals surface area contributed by atoms with Gasteiger partial charge in [0.05, 0.1) is 0 Å². The fraction of sp³-hybridized carbons (Fsp3) is 0.923. The maximum atomic E-state index is 11.9. The lowest BCUT2D eigenvalue weighted by atomic mass is 9.97. The Morgan fingerprint density at radius 1 is 1.44 bits per heavy atom. The molecule has 0 aromatic carbocycles. The van der Waals surface area contributed by atoms with Crippen molar-refractivity contribution in [2.75, 3.05) is 6.54 Å². The summed E-state index contributed by atoms with van der Waals surface area (Å²) in [6.45, 7) is 7.18. The topological polar surface area (TPSA) is 55.1 Å². The van der Waals surface area contributed by atoms with Crippen LogP contribution < -0.4 is 11.1 Å². The maximum absolute atomic E-state index is 11.9. The van der Waals surface area contributed by atoms with E-state index in [1.165, 1.54) is 6.42 Å². The molecule has 4 unspecified atom stereocenters. The zero-order valence-electron chi connectivity index (χ0n) is 10.8. The number of hydrogen-bond acceptors (Lipinski definition) is 2. The molecule has 4 atom stereocenters. The van der Waals surface area contributed by atoms with Gasteiger partial charge >= 0.3 is 0 Å². The van der Waals surface area contributed by atoms with Crippen LogP contribution in [0.5, 0.6) is 0 Å². The minimum atomic E-state index is 0.103. The minimum Gasteiger partial charge on any atom is -0.353 e. The zero-order valence-corrected chi connectivity index (χ0v) is 10.8. The second-order valence-electron chi connectivity index (χ2n) is 5.36. The Balaban J connectivity index is 2.33. The van der Waals surface area contributed by atoms with Crippen molar-refractivity contribution in [3.63, 3.8) is 0 Å². The molecule has 0 aromatic rings. The molecule has 0 aliphatic heterocycles. The quantitative estimate of drug-likeness (QED) is 0.752. The molecule has 3 N–H and O–H groups in total. The number of hydrogen-bond donors (Lipinski definition) is 2. The maximum Gasteiger partial charge on any atom is 0.223 e. The lowest BCUT2D eigenvalue weighted by Crippen LogP contribution is -2.40. The van der Waals surface area contributed by atoms with Gasteiger partial charge in [-0.25, -0.2) is 0 Å². The van der Waals surface area contributed by atoms with Crippen LogP contribution in [0.3, 0.4) is 0 Å². The van der Waals surface area contributed by atoms with Crippen LogP contribution in [0.4, 0.5) is 0 Å². The first-order valence-corrected chi connectivity index (χ1v) is 6.56. The summed E-state index contributed by atoms with van der Waals surface area (Å²) in [7, 11) is 0. The third kappa shape index (κ3) is 3.48. The number of nitrogens with two attached hydrogens (primary N) is 1. The molecular formula is C13H26N2O. The van der Waals surface area contributed by atoms with Crippen molar-refractivity contribution in [2.24, 2.45) is 23.5 Å². The van der Waals surface area contributed by atoms with Crippen LogP contribution in [-0.2, 0) is 4.79 Å². The molecule has 0 bridgehead atoms. The van der Waals surface area contributed by atoms with Gasteiger partial charge in [0.1, 0.15) is 0 Å². The van der Waals surface area contributed by atoms with Gasteiger partial charge in [-0.05, 0) is 44.1 Å². The van der Waals surface area contributed by atoms with Gasteiger partial charge in [0.2, 0.25) is 5.91 Å². The largest absolute Gasteiger partial charge is 0.353 e. The summed E-state index contributed by atoms with van der Waals surface area (Å²) < 4.78 is 0. The van der Waals surface area contributed by atoms with Crippen LogP contribution in [0.25, 0.3) is 0 Å². The lowest BCUT2D eigenvalue weighted by molar-refractivity contribution is -0.125. The average molecular weight is 226 g/mol. The van der Waals surface area contributed by atoms with E-state index in [9.17, 15) is 4.79 Å². The van der Waals surface area contributed by atoms with Crippen LogP contribution in [-0.4, -0.2) is 18.5 Å². The average Bonchev–Trinajstić information content (AvgIpc) is 2.57. The number of carbonyl (C=O) groups excluding carboxylic acids is 1. The number of carbonyl (C=O) groups is 1. The van der Waals surface area contributed by atoms with E-state index in [-0.39, 0.29) is 11.8 Å². The Morgan fingerprint density at radius 3 is 2.62 bits per heavy atom. The van der Waals surface area contributed by atoms with Gasteiger partial charge in [0.15, 0.2) is 0 Å². The molecule has 1 amide bonds. The Kier molecular flexibility index (Phi) is 5.26. The molecule has 3 nitrogen and oxygen atoms in total. The predicted octanol–water partition coefficient (Wildman–Crippen LogP) is 1.91. The van der Waals surface area contributed by atoms with Crippen LogP contribution in [0.1, 0.15) is 46.5 Å². The monoisotopic (exact) mass is 226 g/mol. The first kappa shape index (κ1) is 13.5. The lowest BCUT2D eigenvalue weighted by Gasteiger charge is -2.21. The van der Waals surface area contributed by atoms with E-state index in [1.54, 1.807) is 0 Å². The summed E-state index contributed by atoms with van der Waals surface area (Å²) in [6.07, 6.45) is 4.21. The highest BCUT2D eigenvalue weighted by molar-refractivity contribution is 5.78. The van der Waals surface area contributed by atoms with Crippen molar-refractivity contribution in [3.05, 3.63) is 0 Å². The summed E-state index contributed by atoms with van der Waals surface area (Å²) in [5, 5.41) is 3.19. The number of rotatable bonds is 5. The normalized spacial score (nSPS) is 31.4. The van der Waals surface area contributed by atoms with E-state index in [1.807, 2.05) is 6.92 Å². The van der Waals surface area contributed by atoms with Gasteiger partial charge in [-0.1, -0.05) is 20.8 Å². The van der Waals surface area contributed by atoms with Gasteiger partial charge in [-0.15, -0.1) is 0 Å². The van der Waals surface area contributed by atoms with E-state index in [0.29, 0.717) is 18.5 Å². The molecule has 1 saturated carbocycles. The molecule has 94 valence electrons. The Hall–Kier alpha value is -0.570. The van der Waals surface area contributed by atoms with E-state index >= 15 is 0 Å². The standard InChI is InChI=1S/C13H26N2O/c1-9-6-7-12(11(9)3)15-13(16)10(2)5-4-8-14/h9-12H,4-8,14H2,1-3H3,(H,15,16). The third-order valence-corrected chi connectivity index (χ3v) is 4.08. The summed E-state index contributed by atoms with van der Waals surface area (Å²) in [6, 6.07) is 0.392. The zero-order chi connectivity index (χ0) is 12.1. The van der Waals surface area contributed by atoms with Gasteiger partial charge < -0.3 is 11.1 Å². The van der Waals surface area contributed by atoms with Crippen molar-refractivity contribution < 1.29 is 4.79 Å². The van der Waals surface area contributed by atoms with Crippen molar-refractivity contribution in [1.29, 1.82) is 0 Å². The van der Waals surface area contributed by atoms with E-state index < -0.39 is 0 Å². The van der Waals surface area contributed by atoms with Crippen LogP contribution >= 0.6 is 0 Å². The second kappa shape index (κ2) is 6.24. The molecule has 0 saturated heterocycles. The van der Waals surface area contributed by atoms with Gasteiger partial charge in [-0.3, -0.25) is 4.79 Å². The first-order chi connectivity index (χ1) is 7.56. The van der Waals surface area contributed by atoms with Gasteiger partial charge in [0.25, 0.3) is 0 Å². The van der Waals surface area contributed by atoms with E-state index in [0.717, 1.165) is 25.2 Å². The van der Waals surface area contributed by atoms with Gasteiger partial charge in [0, 0.05) is 12.0 Å². The van der Waals surface area contributed by atoms with Crippen molar-refractivity contribution >= 4 is 5.91 Å². The Morgan fingerprint density at radius 2 is 2.12 bits per heavy atom. The van der Waals surface area contributed by atoms with Crippen molar-refractivity contribution in [2.45, 2.75) is 52.5 Å². The molecule has 1 fully saturated rings. The molecule has 1 rings (SSSR count). The molecule has 0 spiro atoms. The molecule has 0 heterocycles. The van der Waals surface area contributed by atoms with Gasteiger partial charge in [-0.2, -0.15) is 0 Å². The smallest absolute Gasteiger partial charge is 0.223 e. The van der Waals surface area contributed by atoms with E-state index in [2.05, 4.69) is 19.2 Å². The Labute approximate surface area is 99.2 Å². The van der Waals surface area contributed by atoms with Crippen LogP contribution in [0, 0.1) is 17.8 Å². The highest BCUT2D eigenvalue weighted by Crippen LogP contribution is 2.31. The Bertz CT molecular complexity index is 230. The molecule has 1 aliphatic rings. The van der Waals surface area contributed by atoms with E-state index in [4.69, 9.17) is 5.73 Å². The SMILES string of the molecule is CC(CCCN)C(=O)NC1CCC(C)C1C. The summed E-state index contributed by atoms with van der Waals surface area (Å²) in [5.41, 5.74) is 5.45. The molecule has 1 aliphatic carbocycles. The first-order valence-electron chi connectivity index (χ1n) is 6.56. The molecule has 16 heavy (non-hydrogen) atoms. The number of nitrogens with one attached hydrogen (secondary N) is 1. The predicted molar refractivity (Wildman–Crippen MR) is 66.9 cm³/mol. The minimum absolute atomic E-state index is 0.103. The molecule has 0 aromatic heterocycles. The number of amides is 1. The fourth-order valence-electron chi connectivity index (χ4n) is 2.45. The highest BCUT2D eigenvalue weighted by atomic mass is 16.1. The molecule has 3 heteroatoms. The second-order valence-corrected chi connectivity index (χ2v) is 5.36. The summed E-state index contributed by atoms with van der Waals surface area (Å²) >= 11 is 0. The highest BCUT2D eigenvalue weighted by Gasteiger charge is 2.31. The third-order valence-electron chi connectivity index (χ3n) is 4.08. The summed E-state index contributed by atoms with van der Waals surface area (Å²) in [4.78, 5) is 11.9. The fourth-order valence-corrected chi connectivity index (χ4v) is 2.45. The van der Waals surface area contributed by atoms with Crippen molar-refractivity contribution in [1.82, 2.24) is 5.32 Å². The summed E-state index contributed by atoms with van der Waals surface area (Å²) in [5.74, 6) is 1.67. The molecule has 0 radical (unpaired) electrons.